The van der Waals surface area contributed by atoms with Gasteiger partial charge in [-0.3, -0.25) is 9.20 Å². The maximum Gasteiger partial charge on any atom is 0.338 e. The summed E-state index contributed by atoms with van der Waals surface area (Å²) < 4.78 is 33.7. The van der Waals surface area contributed by atoms with Crippen molar-refractivity contribution in [3.05, 3.63) is 75.3 Å². The fourth-order valence-electron chi connectivity index (χ4n) is 3.35. The van der Waals surface area contributed by atoms with Crippen molar-refractivity contribution in [1.82, 2.24) is 13.7 Å². The van der Waals surface area contributed by atoms with Crippen molar-refractivity contribution in [2.45, 2.75) is 39.2 Å². The van der Waals surface area contributed by atoms with Crippen LogP contribution in [0.25, 0.3) is 5.65 Å². The van der Waals surface area contributed by atoms with Crippen LogP contribution in [0.3, 0.4) is 0 Å². The van der Waals surface area contributed by atoms with E-state index in [9.17, 15) is 18.0 Å². The first-order valence-electron chi connectivity index (χ1n) is 9.95. The average molecular weight is 444 g/mol. The lowest BCUT2D eigenvalue weighted by molar-refractivity contribution is 0.0466. The van der Waals surface area contributed by atoms with E-state index in [1.54, 1.807) is 52.0 Å². The van der Waals surface area contributed by atoms with Crippen molar-refractivity contribution in [2.75, 3.05) is 13.1 Å². The fraction of sp³-hybridized carbons (Fsp3) is 0.318. The van der Waals surface area contributed by atoms with Crippen molar-refractivity contribution in [2.24, 2.45) is 0 Å². The van der Waals surface area contributed by atoms with E-state index in [-0.39, 0.29) is 22.6 Å². The Hall–Kier alpha value is -3.04. The van der Waals surface area contributed by atoms with Gasteiger partial charge >= 0.3 is 5.97 Å². The van der Waals surface area contributed by atoms with E-state index in [2.05, 4.69) is 4.98 Å². The van der Waals surface area contributed by atoms with E-state index < -0.39 is 16.0 Å². The van der Waals surface area contributed by atoms with E-state index in [4.69, 9.17) is 4.74 Å². The lowest BCUT2D eigenvalue weighted by Gasteiger charge is -2.19. The van der Waals surface area contributed by atoms with Gasteiger partial charge < -0.3 is 4.74 Å². The number of carbonyl (C=O) groups excluding carboxylic acids is 1. The zero-order valence-corrected chi connectivity index (χ0v) is 18.8. The molecule has 9 heteroatoms. The van der Waals surface area contributed by atoms with Gasteiger partial charge in [0.15, 0.2) is 0 Å². The molecular weight excluding hydrogens is 418 g/mol. The van der Waals surface area contributed by atoms with Gasteiger partial charge in [0.05, 0.1) is 16.2 Å². The number of fused-ring (bicyclic) bond motifs is 1. The van der Waals surface area contributed by atoms with E-state index in [1.807, 2.05) is 0 Å². The van der Waals surface area contributed by atoms with Crippen molar-refractivity contribution in [3.63, 3.8) is 0 Å². The molecule has 3 aromatic rings. The normalized spacial score (nSPS) is 11.8. The van der Waals surface area contributed by atoms with Gasteiger partial charge in [-0.25, -0.2) is 18.2 Å². The van der Waals surface area contributed by atoms with Crippen LogP contribution in [0.2, 0.25) is 0 Å². The van der Waals surface area contributed by atoms with Crippen LogP contribution in [0, 0.1) is 13.8 Å². The lowest BCUT2D eigenvalue weighted by atomic mass is 10.1. The molecule has 0 aliphatic carbocycles. The molecule has 0 unspecified atom stereocenters. The SMILES string of the molecule is CCN(CC)S(=O)(=O)c1ccc(C)c(C(=O)OCc2cc(=O)n3c(C)cccc3n2)c1. The predicted molar refractivity (Wildman–Crippen MR) is 117 cm³/mol. The summed E-state index contributed by atoms with van der Waals surface area (Å²) >= 11 is 0. The molecule has 1 aromatic carbocycles. The maximum absolute atomic E-state index is 12.8. The Labute approximate surface area is 181 Å². The van der Waals surface area contributed by atoms with Crippen LogP contribution < -0.4 is 5.56 Å². The first-order valence-corrected chi connectivity index (χ1v) is 11.4. The first kappa shape index (κ1) is 22.6. The molecule has 0 N–H and O–H groups in total. The molecule has 8 nitrogen and oxygen atoms in total. The zero-order chi connectivity index (χ0) is 22.8. The van der Waals surface area contributed by atoms with Crippen LogP contribution in [0.1, 0.15) is 41.2 Å². The minimum Gasteiger partial charge on any atom is -0.456 e. The second-order valence-corrected chi connectivity index (χ2v) is 9.03. The smallest absolute Gasteiger partial charge is 0.338 e. The topological polar surface area (TPSA) is 98.0 Å². The molecule has 0 atom stereocenters. The highest BCUT2D eigenvalue weighted by atomic mass is 32.2. The highest BCUT2D eigenvalue weighted by molar-refractivity contribution is 7.89. The van der Waals surface area contributed by atoms with Crippen molar-refractivity contribution < 1.29 is 17.9 Å². The molecule has 2 aromatic heterocycles. The Morgan fingerprint density at radius 3 is 2.48 bits per heavy atom. The molecule has 0 spiro atoms. The van der Waals surface area contributed by atoms with E-state index >= 15 is 0 Å². The van der Waals surface area contributed by atoms with Gasteiger partial charge in [0.1, 0.15) is 12.3 Å². The van der Waals surface area contributed by atoms with E-state index in [0.717, 1.165) is 5.69 Å². The van der Waals surface area contributed by atoms with Crippen molar-refractivity contribution in [1.29, 1.82) is 0 Å². The predicted octanol–water partition coefficient (Wildman–Crippen LogP) is 2.70. The van der Waals surface area contributed by atoms with Gasteiger partial charge in [-0.05, 0) is 43.7 Å². The Kier molecular flexibility index (Phi) is 6.56. The molecule has 0 bridgehead atoms. The number of nitrogens with zero attached hydrogens (tertiary/aromatic N) is 3. The standard InChI is InChI=1S/C22H25N3O5S/c1-5-24(6-2)31(28,29)18-11-10-15(3)19(13-18)22(27)30-14-17-12-21(26)25-16(4)8-7-9-20(25)23-17/h7-13H,5-6,14H2,1-4H3. The zero-order valence-electron chi connectivity index (χ0n) is 18.0. The fourth-order valence-corrected chi connectivity index (χ4v) is 4.83. The number of ether oxygens (including phenoxy) is 1. The van der Waals surface area contributed by atoms with Gasteiger partial charge in [-0.1, -0.05) is 26.0 Å². The van der Waals surface area contributed by atoms with Crippen LogP contribution in [0.4, 0.5) is 0 Å². The molecule has 2 heterocycles. The Morgan fingerprint density at radius 1 is 1.10 bits per heavy atom. The summed E-state index contributed by atoms with van der Waals surface area (Å²) in [6.45, 7) is 7.47. The summed E-state index contributed by atoms with van der Waals surface area (Å²) in [7, 11) is -3.71. The van der Waals surface area contributed by atoms with Crippen LogP contribution in [0.15, 0.2) is 52.2 Å². The molecule has 0 fully saturated rings. The number of aromatic nitrogens is 2. The minimum atomic E-state index is -3.71. The molecule has 0 aliphatic rings. The third-order valence-electron chi connectivity index (χ3n) is 5.06. The lowest BCUT2D eigenvalue weighted by Crippen LogP contribution is -2.30. The number of rotatable bonds is 7. The highest BCUT2D eigenvalue weighted by Crippen LogP contribution is 2.20. The minimum absolute atomic E-state index is 0.0336. The van der Waals surface area contributed by atoms with Gasteiger partial charge in [-0.15, -0.1) is 0 Å². The van der Waals surface area contributed by atoms with Crippen molar-refractivity contribution >= 4 is 21.6 Å². The third-order valence-corrected chi connectivity index (χ3v) is 7.10. The molecule has 0 saturated carbocycles. The highest BCUT2D eigenvalue weighted by Gasteiger charge is 2.24. The summed E-state index contributed by atoms with van der Waals surface area (Å²) in [6, 6.07) is 11.0. The summed E-state index contributed by atoms with van der Waals surface area (Å²) in [6.07, 6.45) is 0. The number of carbonyl (C=O) groups is 1. The summed E-state index contributed by atoms with van der Waals surface area (Å²) in [5.41, 5.74) is 2.00. The Morgan fingerprint density at radius 2 is 1.81 bits per heavy atom. The van der Waals surface area contributed by atoms with Gasteiger partial charge in [0.25, 0.3) is 5.56 Å². The summed E-state index contributed by atoms with van der Waals surface area (Å²) in [5.74, 6) is -0.680. The molecular formula is C22H25N3O5S. The first-order chi connectivity index (χ1) is 14.7. The summed E-state index contributed by atoms with van der Waals surface area (Å²) in [4.78, 5) is 29.5. The number of sulfonamides is 1. The number of aryl methyl sites for hydroxylation is 2. The molecule has 0 amide bonds. The monoisotopic (exact) mass is 443 g/mol. The molecule has 0 saturated heterocycles. The van der Waals surface area contributed by atoms with Crippen LogP contribution in [-0.2, 0) is 21.4 Å². The summed E-state index contributed by atoms with van der Waals surface area (Å²) in [5, 5.41) is 0. The largest absolute Gasteiger partial charge is 0.456 e. The number of hydrogen-bond donors (Lipinski definition) is 0. The average Bonchev–Trinajstić information content (AvgIpc) is 2.72. The molecule has 0 aliphatic heterocycles. The van der Waals surface area contributed by atoms with Crippen LogP contribution in [-0.4, -0.2) is 41.2 Å². The second-order valence-electron chi connectivity index (χ2n) is 7.09. The van der Waals surface area contributed by atoms with Crippen LogP contribution >= 0.6 is 0 Å². The van der Waals surface area contributed by atoms with E-state index in [1.165, 1.54) is 26.9 Å². The second kappa shape index (κ2) is 8.99. The van der Waals surface area contributed by atoms with Gasteiger partial charge in [0, 0.05) is 24.8 Å². The number of esters is 1. The van der Waals surface area contributed by atoms with Crippen LogP contribution in [0.5, 0.6) is 0 Å². The number of benzene rings is 1. The molecule has 0 radical (unpaired) electrons. The quantitative estimate of drug-likeness (QED) is 0.521. The Balaban J connectivity index is 1.86. The molecule has 164 valence electrons. The number of hydrogen-bond acceptors (Lipinski definition) is 6. The molecule has 3 rings (SSSR count). The van der Waals surface area contributed by atoms with Gasteiger partial charge in [0.2, 0.25) is 10.0 Å². The van der Waals surface area contributed by atoms with Crippen molar-refractivity contribution in [3.8, 4) is 0 Å². The third kappa shape index (κ3) is 4.52. The number of pyridine rings is 1. The van der Waals surface area contributed by atoms with Gasteiger partial charge in [-0.2, -0.15) is 4.31 Å². The Bertz CT molecular complexity index is 1290. The molecule has 31 heavy (non-hydrogen) atoms. The van der Waals surface area contributed by atoms with E-state index in [0.29, 0.717) is 30.0 Å². The maximum atomic E-state index is 12.8.